The van der Waals surface area contributed by atoms with Crippen molar-refractivity contribution in [2.45, 2.75) is 4.90 Å². The molecule has 1 amide bonds. The van der Waals surface area contributed by atoms with E-state index in [0.717, 1.165) is 42.5 Å². The Hall–Kier alpha value is -2.92. The van der Waals surface area contributed by atoms with Crippen molar-refractivity contribution >= 4 is 27.3 Å². The maximum absolute atomic E-state index is 13.0. The van der Waals surface area contributed by atoms with Gasteiger partial charge in [0.25, 0.3) is 5.69 Å². The van der Waals surface area contributed by atoms with Crippen molar-refractivity contribution in [3.63, 3.8) is 0 Å². The molecule has 0 saturated carbocycles. The Morgan fingerprint density at radius 2 is 1.72 bits per heavy atom. The van der Waals surface area contributed by atoms with Crippen molar-refractivity contribution in [3.8, 4) is 0 Å². The van der Waals surface area contributed by atoms with Crippen LogP contribution in [0.25, 0.3) is 0 Å². The number of carbonyl (C=O) groups excluding carboxylic acids is 1. The number of nitrogens with zero attached hydrogens (tertiary/aromatic N) is 1. The van der Waals surface area contributed by atoms with Gasteiger partial charge in [-0.2, -0.15) is 0 Å². The zero-order chi connectivity index (χ0) is 18.6. The van der Waals surface area contributed by atoms with Gasteiger partial charge in [0.05, 0.1) is 16.4 Å². The van der Waals surface area contributed by atoms with E-state index in [0.29, 0.717) is 0 Å². The van der Waals surface area contributed by atoms with Gasteiger partial charge in [0.1, 0.15) is 0 Å². The number of hydrogen-bond acceptors (Lipinski definition) is 5. The van der Waals surface area contributed by atoms with Gasteiger partial charge in [-0.1, -0.05) is 0 Å². The molecule has 0 radical (unpaired) electrons. The number of carbonyl (C=O) groups is 1. The second-order valence-electron chi connectivity index (χ2n) is 4.75. The summed E-state index contributed by atoms with van der Waals surface area (Å²) in [6, 6.07) is 6.73. The molecule has 2 rings (SSSR count). The van der Waals surface area contributed by atoms with Crippen LogP contribution in [0.2, 0.25) is 0 Å². The quantitative estimate of drug-likeness (QED) is 0.593. The lowest BCUT2D eigenvalue weighted by Crippen LogP contribution is -2.32. The van der Waals surface area contributed by atoms with E-state index in [1.165, 1.54) is 0 Å². The van der Waals surface area contributed by atoms with Crippen LogP contribution in [0.4, 0.5) is 20.2 Å². The van der Waals surface area contributed by atoms with Gasteiger partial charge in [0, 0.05) is 23.9 Å². The Bertz CT molecular complexity index is 917. The van der Waals surface area contributed by atoms with E-state index in [9.17, 15) is 32.1 Å². The van der Waals surface area contributed by atoms with Gasteiger partial charge < -0.3 is 5.32 Å². The van der Waals surface area contributed by atoms with E-state index < -0.39 is 39.0 Å². The van der Waals surface area contributed by atoms with E-state index in [-0.39, 0.29) is 16.3 Å². The first-order valence-corrected chi connectivity index (χ1v) is 8.16. The number of benzene rings is 2. The van der Waals surface area contributed by atoms with E-state index in [4.69, 9.17) is 0 Å². The number of anilines is 1. The monoisotopic (exact) mass is 371 g/mol. The van der Waals surface area contributed by atoms with Gasteiger partial charge in [-0.25, -0.2) is 21.9 Å². The molecular formula is C14H11F2N3O5S. The molecule has 0 bridgehead atoms. The number of nitrogens with one attached hydrogen (secondary N) is 2. The molecule has 25 heavy (non-hydrogen) atoms. The highest BCUT2D eigenvalue weighted by Crippen LogP contribution is 2.16. The molecule has 11 heteroatoms. The fourth-order valence-electron chi connectivity index (χ4n) is 1.77. The van der Waals surface area contributed by atoms with Gasteiger partial charge in [-0.3, -0.25) is 14.9 Å². The molecule has 0 aliphatic heterocycles. The van der Waals surface area contributed by atoms with Crippen molar-refractivity contribution in [1.29, 1.82) is 0 Å². The first-order valence-electron chi connectivity index (χ1n) is 6.68. The zero-order valence-corrected chi connectivity index (χ0v) is 13.2. The zero-order valence-electron chi connectivity index (χ0n) is 12.4. The molecule has 0 heterocycles. The van der Waals surface area contributed by atoms with Gasteiger partial charge in [-0.15, -0.1) is 0 Å². The van der Waals surface area contributed by atoms with Crippen molar-refractivity contribution in [3.05, 3.63) is 64.2 Å². The number of sulfonamides is 1. The van der Waals surface area contributed by atoms with Crippen LogP contribution < -0.4 is 10.0 Å². The van der Waals surface area contributed by atoms with Crippen LogP contribution in [0.1, 0.15) is 0 Å². The molecule has 0 unspecified atom stereocenters. The molecule has 0 aliphatic rings. The van der Waals surface area contributed by atoms with Gasteiger partial charge in [0.15, 0.2) is 11.6 Å². The molecule has 2 aromatic rings. The molecular weight excluding hydrogens is 360 g/mol. The van der Waals surface area contributed by atoms with Gasteiger partial charge in [-0.05, 0) is 24.3 Å². The number of nitro groups is 1. The SMILES string of the molecule is O=C(CNS(=O)(=O)c1ccc([N+](=O)[O-])cc1)Nc1ccc(F)c(F)c1. The smallest absolute Gasteiger partial charge is 0.269 e. The lowest BCUT2D eigenvalue weighted by molar-refractivity contribution is -0.384. The molecule has 8 nitrogen and oxygen atoms in total. The summed E-state index contributed by atoms with van der Waals surface area (Å²) in [5.74, 6) is -3.06. The minimum atomic E-state index is -4.07. The second-order valence-corrected chi connectivity index (χ2v) is 6.52. The molecule has 0 aromatic heterocycles. The van der Waals surface area contributed by atoms with Crippen molar-refractivity contribution in [2.75, 3.05) is 11.9 Å². The molecule has 2 aromatic carbocycles. The number of halogens is 2. The third-order valence-corrected chi connectivity index (χ3v) is 4.40. The fourth-order valence-corrected chi connectivity index (χ4v) is 2.75. The summed E-state index contributed by atoms with van der Waals surface area (Å²) < 4.78 is 51.8. The lowest BCUT2D eigenvalue weighted by Gasteiger charge is -2.08. The lowest BCUT2D eigenvalue weighted by atomic mass is 10.3. The molecule has 2 N–H and O–H groups in total. The van der Waals surface area contributed by atoms with E-state index in [1.807, 2.05) is 4.72 Å². The number of non-ortho nitro benzene ring substituents is 1. The normalized spacial score (nSPS) is 11.1. The minimum absolute atomic E-state index is 0.0431. The highest BCUT2D eigenvalue weighted by Gasteiger charge is 2.17. The van der Waals surface area contributed by atoms with Crippen LogP contribution in [0.3, 0.4) is 0 Å². The maximum Gasteiger partial charge on any atom is 0.269 e. The third kappa shape index (κ3) is 4.78. The predicted molar refractivity (Wildman–Crippen MR) is 83.3 cm³/mol. The minimum Gasteiger partial charge on any atom is -0.325 e. The van der Waals surface area contributed by atoms with Crippen molar-refractivity contribution in [1.82, 2.24) is 4.72 Å². The molecule has 0 fully saturated rings. The summed E-state index contributed by atoms with van der Waals surface area (Å²) >= 11 is 0. The van der Waals surface area contributed by atoms with Gasteiger partial charge >= 0.3 is 0 Å². The van der Waals surface area contributed by atoms with Crippen LogP contribution in [0.15, 0.2) is 47.4 Å². The highest BCUT2D eigenvalue weighted by molar-refractivity contribution is 7.89. The average molecular weight is 371 g/mol. The molecule has 0 aliphatic carbocycles. The second kappa shape index (κ2) is 7.32. The maximum atomic E-state index is 13.0. The summed E-state index contributed by atoms with van der Waals surface area (Å²) in [5, 5.41) is 12.7. The van der Waals surface area contributed by atoms with Crippen LogP contribution in [-0.2, 0) is 14.8 Å². The Kier molecular flexibility index (Phi) is 5.39. The predicted octanol–water partition coefficient (Wildman–Crippen LogP) is 1.79. The van der Waals surface area contributed by atoms with Crippen LogP contribution in [-0.4, -0.2) is 25.8 Å². The van der Waals surface area contributed by atoms with E-state index in [2.05, 4.69) is 5.32 Å². The number of hydrogen-bond donors (Lipinski definition) is 2. The number of rotatable bonds is 6. The number of nitro benzene ring substituents is 1. The van der Waals surface area contributed by atoms with Crippen LogP contribution in [0.5, 0.6) is 0 Å². The van der Waals surface area contributed by atoms with Gasteiger partial charge in [0.2, 0.25) is 15.9 Å². The van der Waals surface area contributed by atoms with Crippen molar-refractivity contribution in [2.24, 2.45) is 0 Å². The summed E-state index contributed by atoms with van der Waals surface area (Å²) in [4.78, 5) is 21.3. The fraction of sp³-hybridized carbons (Fsp3) is 0.0714. The largest absolute Gasteiger partial charge is 0.325 e. The van der Waals surface area contributed by atoms with Crippen LogP contribution in [0, 0.1) is 21.7 Å². The Morgan fingerprint density at radius 3 is 2.28 bits per heavy atom. The van der Waals surface area contributed by atoms with E-state index in [1.54, 1.807) is 0 Å². The Balaban J connectivity index is 1.99. The van der Waals surface area contributed by atoms with Crippen molar-refractivity contribution < 1.29 is 26.9 Å². The molecule has 0 spiro atoms. The Morgan fingerprint density at radius 1 is 1.08 bits per heavy atom. The molecule has 0 atom stereocenters. The Labute approximate surface area is 140 Å². The van der Waals surface area contributed by atoms with E-state index >= 15 is 0 Å². The topological polar surface area (TPSA) is 118 Å². The average Bonchev–Trinajstić information content (AvgIpc) is 2.56. The third-order valence-electron chi connectivity index (χ3n) is 2.98. The summed E-state index contributed by atoms with van der Waals surface area (Å²) in [6.07, 6.45) is 0. The molecule has 132 valence electrons. The first kappa shape index (κ1) is 18.4. The summed E-state index contributed by atoms with van der Waals surface area (Å²) in [7, 11) is -4.07. The first-order chi connectivity index (χ1) is 11.7. The number of amides is 1. The summed E-state index contributed by atoms with van der Waals surface area (Å²) in [5.41, 5.74) is -0.325. The van der Waals surface area contributed by atoms with Crippen LogP contribution >= 0.6 is 0 Å². The summed E-state index contributed by atoms with van der Waals surface area (Å²) in [6.45, 7) is -0.668. The molecule has 0 saturated heterocycles. The highest BCUT2D eigenvalue weighted by atomic mass is 32.2. The standard InChI is InChI=1S/C14H11F2N3O5S/c15-12-6-1-9(7-13(12)16)18-14(20)8-17-25(23,24)11-4-2-10(3-5-11)19(21)22/h1-7,17H,8H2,(H,18,20).